The molecule has 0 bridgehead atoms. The minimum Gasteiger partial charge on any atom is -0.356 e. The van der Waals surface area contributed by atoms with Gasteiger partial charge < -0.3 is 10.2 Å². The van der Waals surface area contributed by atoms with Crippen molar-refractivity contribution in [3.63, 3.8) is 0 Å². The van der Waals surface area contributed by atoms with Crippen LogP contribution in [-0.2, 0) is 6.54 Å². The van der Waals surface area contributed by atoms with E-state index in [4.69, 9.17) is 0 Å². The Morgan fingerprint density at radius 3 is 2.94 bits per heavy atom. The molecule has 0 spiro atoms. The molecule has 0 unspecified atom stereocenters. The molecule has 0 amide bonds. The fraction of sp³-hybridized carbons (Fsp3) is 0.538. The van der Waals surface area contributed by atoms with Gasteiger partial charge in [-0.3, -0.25) is 4.99 Å². The average molecular weight is 266 g/mol. The van der Waals surface area contributed by atoms with Gasteiger partial charge in [-0.15, -0.1) is 11.3 Å². The maximum atomic E-state index is 4.46. The molecule has 0 fully saturated rings. The molecule has 0 aliphatic carbocycles. The Hall–Kier alpha value is -1.36. The molecule has 0 saturated heterocycles. The Balaban J connectivity index is 2.44. The number of nitrogens with zero attached hydrogens (tertiary/aromatic N) is 3. The number of allylic oxidation sites excluding steroid dienone is 1. The molecule has 1 heterocycles. The Morgan fingerprint density at radius 2 is 2.39 bits per heavy atom. The van der Waals surface area contributed by atoms with Gasteiger partial charge in [0.2, 0.25) is 0 Å². The Morgan fingerprint density at radius 1 is 1.61 bits per heavy atom. The first kappa shape index (κ1) is 14.7. The summed E-state index contributed by atoms with van der Waals surface area (Å²) in [5.41, 5.74) is 1.09. The topological polar surface area (TPSA) is 40.5 Å². The van der Waals surface area contributed by atoms with Crippen LogP contribution in [0.25, 0.3) is 0 Å². The summed E-state index contributed by atoms with van der Waals surface area (Å²) in [5.74, 6) is 0.908. The first-order valence-electron chi connectivity index (χ1n) is 6.11. The van der Waals surface area contributed by atoms with Crippen LogP contribution in [0.4, 0.5) is 0 Å². The Kier molecular flexibility index (Phi) is 6.43. The third-order valence-corrected chi connectivity index (χ3v) is 3.29. The molecule has 1 rings (SSSR count). The number of rotatable bonds is 5. The molecule has 4 nitrogen and oxygen atoms in total. The van der Waals surface area contributed by atoms with E-state index in [1.165, 1.54) is 0 Å². The summed E-state index contributed by atoms with van der Waals surface area (Å²) in [4.78, 5) is 10.8. The van der Waals surface area contributed by atoms with E-state index in [9.17, 15) is 0 Å². The van der Waals surface area contributed by atoms with Gasteiger partial charge in [0.05, 0.1) is 17.2 Å². The van der Waals surface area contributed by atoms with Gasteiger partial charge in [0, 0.05) is 26.0 Å². The second-order valence-corrected chi connectivity index (χ2v) is 5.11. The van der Waals surface area contributed by atoms with Crippen molar-refractivity contribution in [2.75, 3.05) is 20.6 Å². The second kappa shape index (κ2) is 7.87. The molecule has 5 heteroatoms. The summed E-state index contributed by atoms with van der Waals surface area (Å²) in [6, 6.07) is 0. The first-order valence-corrected chi connectivity index (χ1v) is 6.99. The first-order chi connectivity index (χ1) is 8.67. The van der Waals surface area contributed by atoms with Crippen LogP contribution < -0.4 is 5.32 Å². The SMILES string of the molecule is C/C=C/CCNC(=NC)N(C)Cc1csc(C)n1. The third kappa shape index (κ3) is 4.87. The van der Waals surface area contributed by atoms with Crippen molar-refractivity contribution < 1.29 is 0 Å². The van der Waals surface area contributed by atoms with E-state index < -0.39 is 0 Å². The molecule has 0 atom stereocenters. The third-order valence-electron chi connectivity index (χ3n) is 2.47. The van der Waals surface area contributed by atoms with Crippen LogP contribution in [0.15, 0.2) is 22.5 Å². The summed E-state index contributed by atoms with van der Waals surface area (Å²) in [6.45, 7) is 5.74. The predicted molar refractivity (Wildman–Crippen MR) is 79.1 cm³/mol. The quantitative estimate of drug-likeness (QED) is 0.385. The highest BCUT2D eigenvalue weighted by atomic mass is 32.1. The largest absolute Gasteiger partial charge is 0.356 e. The number of hydrogen-bond donors (Lipinski definition) is 1. The van der Waals surface area contributed by atoms with E-state index in [1.807, 2.05) is 20.9 Å². The van der Waals surface area contributed by atoms with E-state index in [1.54, 1.807) is 18.4 Å². The van der Waals surface area contributed by atoms with E-state index in [0.29, 0.717) is 0 Å². The van der Waals surface area contributed by atoms with Crippen LogP contribution in [0.3, 0.4) is 0 Å². The number of aryl methyl sites for hydroxylation is 1. The molecular weight excluding hydrogens is 244 g/mol. The molecule has 0 aliphatic rings. The van der Waals surface area contributed by atoms with Gasteiger partial charge >= 0.3 is 0 Å². The van der Waals surface area contributed by atoms with Crippen LogP contribution in [0.2, 0.25) is 0 Å². The van der Waals surface area contributed by atoms with Gasteiger partial charge in [-0.1, -0.05) is 12.2 Å². The zero-order valence-electron chi connectivity index (χ0n) is 11.6. The van der Waals surface area contributed by atoms with Gasteiger partial charge in [0.15, 0.2) is 5.96 Å². The van der Waals surface area contributed by atoms with Crippen LogP contribution in [0.1, 0.15) is 24.0 Å². The monoisotopic (exact) mass is 266 g/mol. The fourth-order valence-corrected chi connectivity index (χ4v) is 2.22. The fourth-order valence-electron chi connectivity index (χ4n) is 1.62. The summed E-state index contributed by atoms with van der Waals surface area (Å²) in [7, 11) is 3.83. The molecule has 0 radical (unpaired) electrons. The summed E-state index contributed by atoms with van der Waals surface area (Å²) in [5, 5.41) is 6.53. The number of hydrogen-bond acceptors (Lipinski definition) is 3. The number of aliphatic imine (C=N–C) groups is 1. The molecule has 1 N–H and O–H groups in total. The minimum absolute atomic E-state index is 0.785. The lowest BCUT2D eigenvalue weighted by Gasteiger charge is -2.20. The standard InChI is InChI=1S/C13H22N4S/c1-5-6-7-8-15-13(14-3)17(4)9-12-10-18-11(2)16-12/h5-6,10H,7-9H2,1-4H3,(H,14,15)/b6-5+. The smallest absolute Gasteiger partial charge is 0.193 e. The van der Waals surface area contributed by atoms with Crippen molar-refractivity contribution in [1.29, 1.82) is 0 Å². The second-order valence-electron chi connectivity index (χ2n) is 4.05. The van der Waals surface area contributed by atoms with E-state index in [-0.39, 0.29) is 0 Å². The molecule has 0 aromatic carbocycles. The van der Waals surface area contributed by atoms with Crippen molar-refractivity contribution in [2.24, 2.45) is 4.99 Å². The molecule has 18 heavy (non-hydrogen) atoms. The molecule has 0 saturated carbocycles. The molecule has 100 valence electrons. The predicted octanol–water partition coefficient (Wildman–Crippen LogP) is 2.42. The van der Waals surface area contributed by atoms with E-state index in [2.05, 4.69) is 37.7 Å². The van der Waals surface area contributed by atoms with Gasteiger partial charge in [-0.2, -0.15) is 0 Å². The zero-order chi connectivity index (χ0) is 13.4. The maximum absolute atomic E-state index is 4.46. The lowest BCUT2D eigenvalue weighted by atomic mass is 10.4. The van der Waals surface area contributed by atoms with Gasteiger partial charge in [0.25, 0.3) is 0 Å². The van der Waals surface area contributed by atoms with Crippen molar-refractivity contribution in [3.05, 3.63) is 28.2 Å². The lowest BCUT2D eigenvalue weighted by molar-refractivity contribution is 0.471. The molecule has 1 aromatic rings. The van der Waals surface area contributed by atoms with Crippen LogP contribution >= 0.6 is 11.3 Å². The number of nitrogens with one attached hydrogen (secondary N) is 1. The number of aromatic nitrogens is 1. The number of guanidine groups is 1. The van der Waals surface area contributed by atoms with Gasteiger partial charge in [0.1, 0.15) is 0 Å². The van der Waals surface area contributed by atoms with Crippen LogP contribution in [0, 0.1) is 6.92 Å². The van der Waals surface area contributed by atoms with Gasteiger partial charge in [-0.05, 0) is 20.3 Å². The highest BCUT2D eigenvalue weighted by Gasteiger charge is 2.07. The zero-order valence-corrected chi connectivity index (χ0v) is 12.4. The molecular formula is C13H22N4S. The van der Waals surface area contributed by atoms with Crippen molar-refractivity contribution in [1.82, 2.24) is 15.2 Å². The lowest BCUT2D eigenvalue weighted by Crippen LogP contribution is -2.38. The maximum Gasteiger partial charge on any atom is 0.193 e. The normalized spacial score (nSPS) is 12.1. The van der Waals surface area contributed by atoms with Crippen LogP contribution in [-0.4, -0.2) is 36.5 Å². The molecule has 0 aliphatic heterocycles. The summed E-state index contributed by atoms with van der Waals surface area (Å²) >= 11 is 1.68. The van der Waals surface area contributed by atoms with E-state index in [0.717, 1.165) is 36.2 Å². The Labute approximate surface area is 113 Å². The van der Waals surface area contributed by atoms with Crippen molar-refractivity contribution >= 4 is 17.3 Å². The van der Waals surface area contributed by atoms with E-state index >= 15 is 0 Å². The molecule has 1 aromatic heterocycles. The highest BCUT2D eigenvalue weighted by Crippen LogP contribution is 2.09. The average Bonchev–Trinajstić information content (AvgIpc) is 2.75. The van der Waals surface area contributed by atoms with Crippen molar-refractivity contribution in [3.8, 4) is 0 Å². The number of thiazole rings is 1. The minimum atomic E-state index is 0.785. The van der Waals surface area contributed by atoms with Gasteiger partial charge in [-0.25, -0.2) is 4.98 Å². The highest BCUT2D eigenvalue weighted by molar-refractivity contribution is 7.09. The summed E-state index contributed by atoms with van der Waals surface area (Å²) in [6.07, 6.45) is 5.22. The van der Waals surface area contributed by atoms with Crippen LogP contribution in [0.5, 0.6) is 0 Å². The van der Waals surface area contributed by atoms with Crippen molar-refractivity contribution in [2.45, 2.75) is 26.8 Å². The summed E-state index contributed by atoms with van der Waals surface area (Å²) < 4.78 is 0. The Bertz CT molecular complexity index is 409.